The number of nitrogens with zero attached hydrogens (tertiary/aromatic N) is 1. The zero-order chi connectivity index (χ0) is 23.4. The summed E-state index contributed by atoms with van der Waals surface area (Å²) in [6, 6.07) is 23.4. The maximum absolute atomic E-state index is 13.1. The quantitative estimate of drug-likeness (QED) is 0.550. The Bertz CT molecular complexity index is 1130. The van der Waals surface area contributed by atoms with E-state index in [0.29, 0.717) is 5.56 Å². The van der Waals surface area contributed by atoms with Gasteiger partial charge in [-0.05, 0) is 27.8 Å². The normalized spacial score (nSPS) is 13.0. The van der Waals surface area contributed by atoms with Gasteiger partial charge in [-0.25, -0.2) is 9.59 Å². The highest BCUT2D eigenvalue weighted by Crippen LogP contribution is 2.44. The number of nitrogens with two attached hydrogens (primary N) is 1. The maximum Gasteiger partial charge on any atom is 0.410 e. The first-order valence-electron chi connectivity index (χ1n) is 10.6. The molecule has 0 saturated carbocycles. The number of benzene rings is 3. The molecule has 0 radical (unpaired) electrons. The summed E-state index contributed by atoms with van der Waals surface area (Å²) in [5.74, 6) is -2.30. The van der Waals surface area contributed by atoms with Crippen LogP contribution in [-0.4, -0.2) is 40.6 Å². The monoisotopic (exact) mass is 444 g/mol. The van der Waals surface area contributed by atoms with Crippen LogP contribution in [0, 0.1) is 0 Å². The second-order valence-electron chi connectivity index (χ2n) is 7.94. The van der Waals surface area contributed by atoms with Crippen LogP contribution in [0.2, 0.25) is 0 Å². The molecule has 0 bridgehead atoms. The molecule has 0 fully saturated rings. The molecule has 4 rings (SSSR count). The van der Waals surface area contributed by atoms with Crippen LogP contribution in [0.25, 0.3) is 11.1 Å². The number of ether oxygens (including phenoxy) is 1. The molecule has 7 nitrogen and oxygen atoms in total. The van der Waals surface area contributed by atoms with Gasteiger partial charge in [-0.3, -0.25) is 9.69 Å². The maximum atomic E-state index is 13.1. The van der Waals surface area contributed by atoms with Gasteiger partial charge in [-0.15, -0.1) is 0 Å². The number of fused-ring (bicyclic) bond motifs is 3. The summed E-state index contributed by atoms with van der Waals surface area (Å²) in [6.07, 6.45) is -1.32. The smallest absolute Gasteiger partial charge is 0.410 e. The standard InChI is InChI=1S/C26H24N2O5/c27-24(29)14-23(25(30)31)28(15-17-8-2-1-3-9-17)26(32)33-16-22-20-12-6-4-10-18(20)19-11-5-7-13-21(19)22/h1-13,22-23H,14-16H2,(H2,27,29)(H,30,31)/t23-/m0/s1. The largest absolute Gasteiger partial charge is 0.480 e. The lowest BCUT2D eigenvalue weighted by molar-refractivity contribution is -0.145. The SMILES string of the molecule is NC(=O)C[C@@H](C(=O)O)N(Cc1ccccc1)C(=O)OCC1c2ccccc2-c2ccccc21. The number of hydrogen-bond donors (Lipinski definition) is 2. The van der Waals surface area contributed by atoms with E-state index in [9.17, 15) is 19.5 Å². The number of rotatable bonds is 8. The van der Waals surface area contributed by atoms with E-state index >= 15 is 0 Å². The lowest BCUT2D eigenvalue weighted by Crippen LogP contribution is -2.47. The Morgan fingerprint density at radius 1 is 0.879 bits per heavy atom. The van der Waals surface area contributed by atoms with E-state index in [4.69, 9.17) is 10.5 Å². The highest BCUT2D eigenvalue weighted by molar-refractivity contribution is 5.86. The third kappa shape index (κ3) is 4.72. The predicted molar refractivity (Wildman–Crippen MR) is 122 cm³/mol. The van der Waals surface area contributed by atoms with Crippen molar-refractivity contribution in [3.63, 3.8) is 0 Å². The molecule has 3 N–H and O–H groups in total. The number of hydrogen-bond acceptors (Lipinski definition) is 4. The zero-order valence-corrected chi connectivity index (χ0v) is 17.9. The highest BCUT2D eigenvalue weighted by Gasteiger charge is 2.34. The fraction of sp³-hybridized carbons (Fsp3) is 0.192. The fourth-order valence-electron chi connectivity index (χ4n) is 4.28. The van der Waals surface area contributed by atoms with Gasteiger partial charge in [-0.1, -0.05) is 78.9 Å². The lowest BCUT2D eigenvalue weighted by atomic mass is 9.98. The molecule has 0 heterocycles. The van der Waals surface area contributed by atoms with Crippen molar-refractivity contribution in [2.24, 2.45) is 5.73 Å². The second-order valence-corrected chi connectivity index (χ2v) is 7.94. The first kappa shape index (κ1) is 22.1. The number of carboxylic acid groups (broad SMARTS) is 1. The van der Waals surface area contributed by atoms with Crippen molar-refractivity contribution in [3.05, 3.63) is 95.6 Å². The van der Waals surface area contributed by atoms with Crippen molar-refractivity contribution < 1.29 is 24.2 Å². The van der Waals surface area contributed by atoms with E-state index < -0.39 is 30.4 Å². The number of carbonyl (C=O) groups is 3. The number of carbonyl (C=O) groups excluding carboxylic acids is 2. The summed E-state index contributed by atoms with van der Waals surface area (Å²) in [4.78, 5) is 37.6. The van der Waals surface area contributed by atoms with Gasteiger partial charge in [0, 0.05) is 12.5 Å². The highest BCUT2D eigenvalue weighted by atomic mass is 16.6. The molecule has 0 unspecified atom stereocenters. The molecule has 1 atom stereocenters. The molecule has 0 aromatic heterocycles. The third-order valence-corrected chi connectivity index (χ3v) is 5.82. The van der Waals surface area contributed by atoms with Crippen molar-refractivity contribution in [1.82, 2.24) is 4.90 Å². The van der Waals surface area contributed by atoms with Gasteiger partial charge >= 0.3 is 12.1 Å². The van der Waals surface area contributed by atoms with E-state index in [1.165, 1.54) is 0 Å². The predicted octanol–water partition coefficient (Wildman–Crippen LogP) is 3.77. The molecule has 3 aromatic rings. The lowest BCUT2D eigenvalue weighted by Gasteiger charge is -2.28. The minimum Gasteiger partial charge on any atom is -0.480 e. The van der Waals surface area contributed by atoms with Gasteiger partial charge in [0.1, 0.15) is 12.6 Å². The molecule has 2 amide bonds. The van der Waals surface area contributed by atoms with Crippen molar-refractivity contribution in [3.8, 4) is 11.1 Å². The van der Waals surface area contributed by atoms with Crippen molar-refractivity contribution >= 4 is 18.0 Å². The Kier molecular flexibility index (Phi) is 6.40. The molecule has 0 aliphatic heterocycles. The molecule has 0 saturated heterocycles. The summed E-state index contributed by atoms with van der Waals surface area (Å²) in [5.41, 5.74) is 10.2. The van der Waals surface area contributed by atoms with Gasteiger partial charge in [0.2, 0.25) is 5.91 Å². The molecule has 1 aliphatic rings. The Morgan fingerprint density at radius 2 is 1.42 bits per heavy atom. The summed E-state index contributed by atoms with van der Waals surface area (Å²) >= 11 is 0. The van der Waals surface area contributed by atoms with Crippen molar-refractivity contribution in [1.29, 1.82) is 0 Å². The molecule has 1 aliphatic carbocycles. The minimum absolute atomic E-state index is 0.0260. The van der Waals surface area contributed by atoms with Gasteiger partial charge in [0.25, 0.3) is 0 Å². The van der Waals surface area contributed by atoms with Crippen molar-refractivity contribution in [2.45, 2.75) is 24.9 Å². The summed E-state index contributed by atoms with van der Waals surface area (Å²) in [6.45, 7) is 0.0167. The second kappa shape index (κ2) is 9.56. The number of aliphatic carboxylic acids is 1. The molecule has 7 heteroatoms. The molecule has 0 spiro atoms. The van der Waals surface area contributed by atoms with E-state index in [0.717, 1.165) is 27.2 Å². The summed E-state index contributed by atoms with van der Waals surface area (Å²) in [7, 11) is 0. The first-order valence-corrected chi connectivity index (χ1v) is 10.6. The van der Waals surface area contributed by atoms with Crippen LogP contribution in [0.1, 0.15) is 29.0 Å². The van der Waals surface area contributed by atoms with E-state index in [1.54, 1.807) is 24.3 Å². The Hall–Kier alpha value is -4.13. The van der Waals surface area contributed by atoms with Gasteiger partial charge < -0.3 is 15.6 Å². The van der Waals surface area contributed by atoms with Crippen LogP contribution >= 0.6 is 0 Å². The zero-order valence-electron chi connectivity index (χ0n) is 17.9. The average Bonchev–Trinajstić information content (AvgIpc) is 3.14. The van der Waals surface area contributed by atoms with Crippen LogP contribution in [-0.2, 0) is 20.9 Å². The van der Waals surface area contributed by atoms with Gasteiger partial charge in [0.15, 0.2) is 0 Å². The van der Waals surface area contributed by atoms with Crippen LogP contribution in [0.3, 0.4) is 0 Å². The van der Waals surface area contributed by atoms with Crippen LogP contribution in [0.15, 0.2) is 78.9 Å². The van der Waals surface area contributed by atoms with Crippen LogP contribution in [0.5, 0.6) is 0 Å². The fourth-order valence-corrected chi connectivity index (χ4v) is 4.28. The molecular weight excluding hydrogens is 420 g/mol. The summed E-state index contributed by atoms with van der Waals surface area (Å²) < 4.78 is 5.66. The number of primary amides is 1. The van der Waals surface area contributed by atoms with Crippen molar-refractivity contribution in [2.75, 3.05) is 6.61 Å². The first-order chi connectivity index (χ1) is 16.0. The summed E-state index contributed by atoms with van der Waals surface area (Å²) in [5, 5.41) is 9.70. The van der Waals surface area contributed by atoms with Gasteiger partial charge in [0.05, 0.1) is 6.42 Å². The van der Waals surface area contributed by atoms with Crippen LogP contribution < -0.4 is 5.73 Å². The van der Waals surface area contributed by atoms with E-state index in [1.807, 2.05) is 54.6 Å². The Labute approximate surface area is 191 Å². The number of amides is 2. The average molecular weight is 444 g/mol. The Morgan fingerprint density at radius 3 is 1.97 bits per heavy atom. The van der Waals surface area contributed by atoms with E-state index in [-0.39, 0.29) is 19.1 Å². The topological polar surface area (TPSA) is 110 Å². The van der Waals surface area contributed by atoms with Crippen LogP contribution in [0.4, 0.5) is 4.79 Å². The molecule has 33 heavy (non-hydrogen) atoms. The van der Waals surface area contributed by atoms with E-state index in [2.05, 4.69) is 0 Å². The third-order valence-electron chi connectivity index (χ3n) is 5.82. The molecule has 3 aromatic carbocycles. The minimum atomic E-state index is -1.43. The molecular formula is C26H24N2O5. The Balaban J connectivity index is 1.58. The van der Waals surface area contributed by atoms with Gasteiger partial charge in [-0.2, -0.15) is 0 Å². The number of carboxylic acids is 1. The molecule has 168 valence electrons.